The summed E-state index contributed by atoms with van der Waals surface area (Å²) in [7, 11) is 3.18. The molecule has 0 saturated heterocycles. The Morgan fingerprint density at radius 3 is 2.90 bits per heavy atom. The quantitative estimate of drug-likeness (QED) is 0.790. The van der Waals surface area contributed by atoms with Crippen molar-refractivity contribution in [2.75, 3.05) is 20.7 Å². The highest BCUT2D eigenvalue weighted by Gasteiger charge is 2.17. The van der Waals surface area contributed by atoms with Gasteiger partial charge in [-0.25, -0.2) is 4.79 Å². The van der Waals surface area contributed by atoms with E-state index in [2.05, 4.69) is 4.74 Å². The Kier molecular flexibility index (Phi) is 4.69. The molecule has 0 spiro atoms. The molecule has 1 aromatic heterocycles. The van der Waals surface area contributed by atoms with Crippen LogP contribution in [0, 0.1) is 5.92 Å². The summed E-state index contributed by atoms with van der Waals surface area (Å²) in [6, 6.07) is 5.04. The molecule has 21 heavy (non-hydrogen) atoms. The maximum atomic E-state index is 11.9. The molecule has 0 aliphatic rings. The van der Waals surface area contributed by atoms with E-state index in [9.17, 15) is 9.59 Å². The maximum absolute atomic E-state index is 11.9. The first-order valence-electron chi connectivity index (χ1n) is 6.47. The molecule has 2 aromatic rings. The fourth-order valence-electron chi connectivity index (χ4n) is 2.22. The Balaban J connectivity index is 2.18. The molecule has 0 N–H and O–H groups in total. The Labute approximate surface area is 126 Å². The highest BCUT2D eigenvalue weighted by molar-refractivity contribution is 6.31. The van der Waals surface area contributed by atoms with E-state index in [-0.39, 0.29) is 11.9 Å². The average Bonchev–Trinajstić information content (AvgIpc) is 2.73. The summed E-state index contributed by atoms with van der Waals surface area (Å²) < 4.78 is 11.3. The molecule has 2 rings (SSSR count). The third kappa shape index (κ3) is 3.46. The van der Waals surface area contributed by atoms with Gasteiger partial charge in [0.25, 0.3) is 0 Å². The lowest BCUT2D eigenvalue weighted by Crippen LogP contribution is -2.33. The van der Waals surface area contributed by atoms with Gasteiger partial charge >= 0.3 is 11.7 Å². The van der Waals surface area contributed by atoms with Crippen molar-refractivity contribution in [3.63, 3.8) is 0 Å². The number of hydrogen-bond donors (Lipinski definition) is 0. The van der Waals surface area contributed by atoms with Crippen molar-refractivity contribution in [3.05, 3.63) is 33.8 Å². The predicted octanol–water partition coefficient (Wildman–Crippen LogP) is 1.95. The van der Waals surface area contributed by atoms with E-state index >= 15 is 0 Å². The number of fused-ring (bicyclic) bond motifs is 1. The van der Waals surface area contributed by atoms with Crippen molar-refractivity contribution in [2.45, 2.75) is 13.6 Å². The van der Waals surface area contributed by atoms with Crippen LogP contribution in [0.2, 0.25) is 5.02 Å². The lowest BCUT2D eigenvalue weighted by Gasteiger charge is -2.19. The molecule has 0 aliphatic heterocycles. The molecule has 0 bridgehead atoms. The number of hydrogen-bond acceptors (Lipinski definition) is 5. The fourth-order valence-corrected chi connectivity index (χ4v) is 2.38. The van der Waals surface area contributed by atoms with E-state index in [4.69, 9.17) is 16.0 Å². The minimum Gasteiger partial charge on any atom is -0.469 e. The number of rotatable bonds is 5. The van der Waals surface area contributed by atoms with Crippen LogP contribution in [0.15, 0.2) is 27.4 Å². The average molecular weight is 313 g/mol. The van der Waals surface area contributed by atoms with E-state index in [0.717, 1.165) is 0 Å². The zero-order valence-corrected chi connectivity index (χ0v) is 12.9. The molecule has 6 nitrogen and oxygen atoms in total. The fraction of sp³-hybridized carbons (Fsp3) is 0.429. The van der Waals surface area contributed by atoms with Crippen molar-refractivity contribution in [1.29, 1.82) is 0 Å². The largest absolute Gasteiger partial charge is 0.469 e. The maximum Gasteiger partial charge on any atom is 0.421 e. The molecule has 1 heterocycles. The number of benzene rings is 1. The second-order valence-electron chi connectivity index (χ2n) is 5.01. The summed E-state index contributed by atoms with van der Waals surface area (Å²) in [6.45, 7) is 2.56. The number of carbonyl (C=O) groups is 1. The molecule has 114 valence electrons. The van der Waals surface area contributed by atoms with E-state index < -0.39 is 5.76 Å². The monoisotopic (exact) mass is 312 g/mol. The van der Waals surface area contributed by atoms with Gasteiger partial charge < -0.3 is 9.15 Å². The van der Waals surface area contributed by atoms with E-state index in [1.54, 1.807) is 25.1 Å². The van der Waals surface area contributed by atoms with Crippen LogP contribution in [0.3, 0.4) is 0 Å². The molecule has 1 aromatic carbocycles. The third-order valence-electron chi connectivity index (χ3n) is 3.20. The van der Waals surface area contributed by atoms with Crippen LogP contribution in [-0.2, 0) is 16.2 Å². The van der Waals surface area contributed by atoms with Gasteiger partial charge in [0.15, 0.2) is 5.58 Å². The number of methoxy groups -OCH3 is 1. The highest BCUT2D eigenvalue weighted by atomic mass is 35.5. The first-order chi connectivity index (χ1) is 9.92. The van der Waals surface area contributed by atoms with Crippen LogP contribution in [0.4, 0.5) is 0 Å². The number of nitrogens with zero attached hydrogens (tertiary/aromatic N) is 2. The number of ether oxygens (including phenoxy) is 1. The zero-order valence-electron chi connectivity index (χ0n) is 12.1. The molecule has 0 fully saturated rings. The van der Waals surface area contributed by atoms with E-state index in [1.807, 2.05) is 11.9 Å². The molecule has 0 amide bonds. The number of aromatic nitrogens is 1. The van der Waals surface area contributed by atoms with E-state index in [1.165, 1.54) is 11.7 Å². The Hall–Kier alpha value is -1.79. The molecule has 7 heteroatoms. The van der Waals surface area contributed by atoms with Crippen molar-refractivity contribution in [2.24, 2.45) is 5.92 Å². The van der Waals surface area contributed by atoms with Crippen LogP contribution in [0.1, 0.15) is 6.92 Å². The van der Waals surface area contributed by atoms with Crippen LogP contribution in [-0.4, -0.2) is 36.1 Å². The van der Waals surface area contributed by atoms with Crippen molar-refractivity contribution in [3.8, 4) is 0 Å². The second kappa shape index (κ2) is 6.32. The Morgan fingerprint density at radius 1 is 1.52 bits per heavy atom. The lowest BCUT2D eigenvalue weighted by molar-refractivity contribution is -0.145. The normalized spacial score (nSPS) is 12.8. The van der Waals surface area contributed by atoms with Crippen molar-refractivity contribution < 1.29 is 13.9 Å². The first-order valence-corrected chi connectivity index (χ1v) is 6.85. The number of oxazole rings is 1. The smallest absolute Gasteiger partial charge is 0.421 e. The van der Waals surface area contributed by atoms with Crippen molar-refractivity contribution in [1.82, 2.24) is 9.47 Å². The minimum atomic E-state index is -0.454. The summed E-state index contributed by atoms with van der Waals surface area (Å²) in [5.41, 5.74) is 1.11. The molecule has 0 unspecified atom stereocenters. The molecular formula is C14H17ClN2O4. The Bertz CT molecular complexity index is 707. The summed E-state index contributed by atoms with van der Waals surface area (Å²) in [5.74, 6) is -1.01. The first kappa shape index (κ1) is 15.6. The Morgan fingerprint density at radius 2 is 2.24 bits per heavy atom. The van der Waals surface area contributed by atoms with Gasteiger partial charge in [0, 0.05) is 17.6 Å². The summed E-state index contributed by atoms with van der Waals surface area (Å²) in [5, 5.41) is 0.510. The predicted molar refractivity (Wildman–Crippen MR) is 79.3 cm³/mol. The molecule has 0 radical (unpaired) electrons. The molecule has 0 aliphatic carbocycles. The highest BCUT2D eigenvalue weighted by Crippen LogP contribution is 2.18. The number of carbonyl (C=O) groups excluding carboxylic acids is 1. The van der Waals surface area contributed by atoms with E-state index in [0.29, 0.717) is 29.3 Å². The second-order valence-corrected chi connectivity index (χ2v) is 5.45. The van der Waals surface area contributed by atoms with Crippen LogP contribution < -0.4 is 5.76 Å². The number of esters is 1. The number of halogens is 1. The van der Waals surface area contributed by atoms with Crippen LogP contribution >= 0.6 is 11.6 Å². The van der Waals surface area contributed by atoms with Gasteiger partial charge in [0.1, 0.15) is 0 Å². The third-order valence-corrected chi connectivity index (χ3v) is 3.44. The topological polar surface area (TPSA) is 64.7 Å². The summed E-state index contributed by atoms with van der Waals surface area (Å²) >= 11 is 5.87. The zero-order chi connectivity index (χ0) is 15.6. The van der Waals surface area contributed by atoms with Crippen LogP contribution in [0.25, 0.3) is 11.1 Å². The van der Waals surface area contributed by atoms with Crippen molar-refractivity contribution >= 4 is 28.7 Å². The van der Waals surface area contributed by atoms with Gasteiger partial charge in [-0.1, -0.05) is 18.5 Å². The lowest BCUT2D eigenvalue weighted by atomic mass is 10.2. The molecular weight excluding hydrogens is 296 g/mol. The van der Waals surface area contributed by atoms with Gasteiger partial charge in [0.05, 0.1) is 25.2 Å². The minimum absolute atomic E-state index is 0.275. The SMILES string of the molecule is COC(=O)[C@@H](C)CN(C)Cn1c(=O)oc2cc(Cl)ccc21. The van der Waals surface area contributed by atoms with Crippen LogP contribution in [0.5, 0.6) is 0 Å². The van der Waals surface area contributed by atoms with Gasteiger partial charge in [-0.15, -0.1) is 0 Å². The van der Waals surface area contributed by atoms with Gasteiger partial charge in [-0.05, 0) is 19.2 Å². The standard InChI is InChI=1S/C14H17ClN2O4/c1-9(13(18)20-3)7-16(2)8-17-11-5-4-10(15)6-12(11)21-14(17)19/h4-6,9H,7-8H2,1-3H3/t9-/m0/s1. The summed E-state index contributed by atoms with van der Waals surface area (Å²) in [6.07, 6.45) is 0. The summed E-state index contributed by atoms with van der Waals surface area (Å²) in [4.78, 5) is 25.2. The van der Waals surface area contributed by atoms with Gasteiger partial charge in [-0.2, -0.15) is 0 Å². The van der Waals surface area contributed by atoms with Gasteiger partial charge in [0.2, 0.25) is 0 Å². The molecule has 0 saturated carbocycles. The molecule has 1 atom stereocenters. The van der Waals surface area contributed by atoms with Gasteiger partial charge in [-0.3, -0.25) is 14.3 Å².